The van der Waals surface area contributed by atoms with Crippen molar-refractivity contribution in [3.05, 3.63) is 0 Å². The third kappa shape index (κ3) is 16.4. The molecule has 0 N–H and O–H groups in total. The average Bonchev–Trinajstić information content (AvgIpc) is 2.48. The molecule has 0 heterocycles. The van der Waals surface area contributed by atoms with E-state index in [1.54, 1.807) is 0 Å². The monoisotopic (exact) mass is 390 g/mol. The highest BCUT2D eigenvalue weighted by atomic mass is 35.5. The van der Waals surface area contributed by atoms with Crippen molar-refractivity contribution in [3.8, 4) is 0 Å². The van der Waals surface area contributed by atoms with Crippen LogP contribution in [-0.4, -0.2) is 25.4 Å². The molecule has 0 radical (unpaired) electrons. The molecule has 6 unspecified atom stereocenters. The van der Waals surface area contributed by atoms with E-state index in [2.05, 4.69) is 41.5 Å². The fraction of sp³-hybridized carbons (Fsp3) is 1.00. The molecule has 0 rings (SSSR count). The summed E-state index contributed by atoms with van der Waals surface area (Å²) in [5.74, 6) is 3.98. The predicted octanol–water partition coefficient (Wildman–Crippen LogP) is 7.54. The zero-order valence-corrected chi connectivity index (χ0v) is 19.5. The molecule has 0 aromatic heterocycles. The van der Waals surface area contributed by atoms with Crippen LogP contribution in [0, 0.1) is 29.6 Å². The van der Waals surface area contributed by atoms with Gasteiger partial charge >= 0.3 is 0 Å². The van der Waals surface area contributed by atoms with Crippen LogP contribution in [0.1, 0.15) is 93.4 Å². The zero-order chi connectivity index (χ0) is 19.9. The Kier molecular flexibility index (Phi) is 16.3. The van der Waals surface area contributed by atoms with Crippen LogP contribution in [0.4, 0.5) is 0 Å². The molecule has 0 amide bonds. The lowest BCUT2D eigenvalue weighted by atomic mass is 9.82. The average molecular weight is 391 g/mol. The highest BCUT2D eigenvalue weighted by Crippen LogP contribution is 2.29. The predicted molar refractivity (Wildman–Crippen MR) is 116 cm³/mol. The maximum atomic E-state index is 6.13. The highest BCUT2D eigenvalue weighted by molar-refractivity contribution is 6.20. The van der Waals surface area contributed by atoms with Gasteiger partial charge in [0.05, 0.1) is 0 Å². The van der Waals surface area contributed by atoms with Gasteiger partial charge in [-0.15, -0.1) is 11.6 Å². The van der Waals surface area contributed by atoms with Gasteiger partial charge in [-0.25, -0.2) is 0 Å². The van der Waals surface area contributed by atoms with Crippen molar-refractivity contribution in [2.24, 2.45) is 29.6 Å². The lowest BCUT2D eigenvalue weighted by Gasteiger charge is -2.24. The van der Waals surface area contributed by atoms with Crippen LogP contribution in [0.25, 0.3) is 0 Å². The smallest absolute Gasteiger partial charge is 0.146 e. The number of alkyl halides is 1. The van der Waals surface area contributed by atoms with Gasteiger partial charge in [0.15, 0.2) is 0 Å². The van der Waals surface area contributed by atoms with Crippen molar-refractivity contribution in [2.75, 3.05) is 20.0 Å². The number of hydrogen-bond donors (Lipinski definition) is 0. The molecule has 0 saturated heterocycles. The van der Waals surface area contributed by atoms with Crippen LogP contribution >= 0.6 is 11.6 Å². The molecule has 0 spiro atoms. The van der Waals surface area contributed by atoms with Crippen LogP contribution in [0.15, 0.2) is 0 Å². The lowest BCUT2D eigenvalue weighted by molar-refractivity contribution is -0.0508. The van der Waals surface area contributed by atoms with E-state index in [1.807, 2.05) is 6.92 Å². The molecule has 0 aromatic rings. The quantitative estimate of drug-likeness (QED) is 0.145. The van der Waals surface area contributed by atoms with Crippen LogP contribution in [0.5, 0.6) is 0 Å². The maximum Gasteiger partial charge on any atom is 0.146 e. The normalized spacial score (nSPS) is 18.9. The van der Waals surface area contributed by atoms with E-state index < -0.39 is 0 Å². The summed E-state index contributed by atoms with van der Waals surface area (Å²) in [5, 5.41) is 0.306. The first-order chi connectivity index (χ1) is 12.2. The molecule has 0 aliphatic rings. The minimum absolute atomic E-state index is 0.306. The SMILES string of the molecule is CCOCOCCCC(C)CC(C)CC(C)CC(C)CC(C)CC(C)Cl. The third-order valence-electron chi connectivity index (χ3n) is 5.30. The first-order valence-corrected chi connectivity index (χ1v) is 11.5. The van der Waals surface area contributed by atoms with Crippen LogP contribution in [0.3, 0.4) is 0 Å². The Hall–Kier alpha value is 0.210. The van der Waals surface area contributed by atoms with Gasteiger partial charge < -0.3 is 9.47 Å². The van der Waals surface area contributed by atoms with Gasteiger partial charge in [-0.1, -0.05) is 34.6 Å². The Morgan fingerprint density at radius 2 is 1.12 bits per heavy atom. The standard InChI is InChI=1S/C23H47ClO2/c1-8-25-17-26-11-9-10-18(2)12-19(3)13-20(4)14-21(5)15-22(6)16-23(7)24/h18-23H,8-17H2,1-7H3. The summed E-state index contributed by atoms with van der Waals surface area (Å²) in [7, 11) is 0. The lowest BCUT2D eigenvalue weighted by Crippen LogP contribution is -2.13. The van der Waals surface area contributed by atoms with Crippen molar-refractivity contribution in [1.29, 1.82) is 0 Å². The highest BCUT2D eigenvalue weighted by Gasteiger charge is 2.17. The molecule has 6 atom stereocenters. The summed E-state index contributed by atoms with van der Waals surface area (Å²) in [6, 6.07) is 0. The minimum atomic E-state index is 0.306. The first kappa shape index (κ1) is 26.2. The van der Waals surface area contributed by atoms with Gasteiger partial charge in [0, 0.05) is 18.6 Å². The summed E-state index contributed by atoms with van der Waals surface area (Å²) in [5.41, 5.74) is 0. The second-order valence-corrected chi connectivity index (χ2v) is 9.89. The Morgan fingerprint density at radius 3 is 1.58 bits per heavy atom. The Balaban J connectivity index is 3.83. The number of rotatable bonds is 17. The molecule has 26 heavy (non-hydrogen) atoms. The molecular formula is C23H47ClO2. The molecule has 0 aliphatic carbocycles. The summed E-state index contributed by atoms with van der Waals surface area (Å²) < 4.78 is 10.7. The molecule has 0 bridgehead atoms. The molecule has 0 aromatic carbocycles. The molecule has 3 heteroatoms. The van der Waals surface area contributed by atoms with E-state index in [4.69, 9.17) is 21.1 Å². The van der Waals surface area contributed by atoms with Crippen molar-refractivity contribution in [3.63, 3.8) is 0 Å². The number of ether oxygens (including phenoxy) is 2. The van der Waals surface area contributed by atoms with Gasteiger partial charge in [-0.05, 0) is 88.4 Å². The first-order valence-electron chi connectivity index (χ1n) is 11.0. The fourth-order valence-electron chi connectivity index (χ4n) is 4.54. The summed E-state index contributed by atoms with van der Waals surface area (Å²) in [4.78, 5) is 0. The molecule has 0 saturated carbocycles. The van der Waals surface area contributed by atoms with E-state index >= 15 is 0 Å². The molecule has 0 fully saturated rings. The Labute approximate surface area is 169 Å². The van der Waals surface area contributed by atoms with E-state index in [1.165, 1.54) is 32.1 Å². The molecule has 2 nitrogen and oxygen atoms in total. The summed E-state index contributed by atoms with van der Waals surface area (Å²) in [6.45, 7) is 18.1. The molecule has 158 valence electrons. The van der Waals surface area contributed by atoms with Crippen molar-refractivity contribution < 1.29 is 9.47 Å². The summed E-state index contributed by atoms with van der Waals surface area (Å²) in [6.07, 6.45) is 8.90. The van der Waals surface area contributed by atoms with E-state index in [0.29, 0.717) is 12.2 Å². The fourth-order valence-corrected chi connectivity index (χ4v) is 4.84. The topological polar surface area (TPSA) is 18.5 Å². The van der Waals surface area contributed by atoms with Crippen LogP contribution in [-0.2, 0) is 9.47 Å². The van der Waals surface area contributed by atoms with Gasteiger partial charge in [0.25, 0.3) is 0 Å². The van der Waals surface area contributed by atoms with Crippen molar-refractivity contribution >= 4 is 11.6 Å². The summed E-state index contributed by atoms with van der Waals surface area (Å²) >= 11 is 6.13. The van der Waals surface area contributed by atoms with Crippen LogP contribution < -0.4 is 0 Å². The molecular weight excluding hydrogens is 344 g/mol. The Bertz CT molecular complexity index is 309. The minimum Gasteiger partial charge on any atom is -0.356 e. The van der Waals surface area contributed by atoms with E-state index in [0.717, 1.165) is 55.6 Å². The van der Waals surface area contributed by atoms with Crippen molar-refractivity contribution in [1.82, 2.24) is 0 Å². The van der Waals surface area contributed by atoms with Crippen molar-refractivity contribution in [2.45, 2.75) is 98.8 Å². The second kappa shape index (κ2) is 16.2. The van der Waals surface area contributed by atoms with Gasteiger partial charge in [-0.3, -0.25) is 0 Å². The second-order valence-electron chi connectivity index (χ2n) is 9.15. The molecule has 0 aliphatic heterocycles. The van der Waals surface area contributed by atoms with Gasteiger partial charge in [0.2, 0.25) is 0 Å². The van der Waals surface area contributed by atoms with E-state index in [-0.39, 0.29) is 0 Å². The number of halogens is 1. The van der Waals surface area contributed by atoms with Crippen LogP contribution in [0.2, 0.25) is 0 Å². The maximum absolute atomic E-state index is 6.13. The van der Waals surface area contributed by atoms with Gasteiger partial charge in [0.1, 0.15) is 6.79 Å². The third-order valence-corrected chi connectivity index (χ3v) is 5.48. The van der Waals surface area contributed by atoms with E-state index in [9.17, 15) is 0 Å². The largest absolute Gasteiger partial charge is 0.356 e. The van der Waals surface area contributed by atoms with Gasteiger partial charge in [-0.2, -0.15) is 0 Å². The number of hydrogen-bond acceptors (Lipinski definition) is 2. The zero-order valence-electron chi connectivity index (χ0n) is 18.7. The Morgan fingerprint density at radius 1 is 0.654 bits per heavy atom.